The summed E-state index contributed by atoms with van der Waals surface area (Å²) in [6.45, 7) is 0.989. The molecule has 1 unspecified atom stereocenters. The first-order chi connectivity index (χ1) is 7.88. The number of aromatic nitrogens is 3. The van der Waals surface area contributed by atoms with E-state index in [9.17, 15) is 0 Å². The number of fused-ring (bicyclic) bond motifs is 1. The minimum Gasteiger partial charge on any atom is -0.301 e. The van der Waals surface area contributed by atoms with Gasteiger partial charge in [0.1, 0.15) is 0 Å². The lowest BCUT2D eigenvalue weighted by molar-refractivity contribution is 0.679. The predicted molar refractivity (Wildman–Crippen MR) is 68.9 cm³/mol. The Labute approximate surface area is 106 Å². The standard InChI is InChI=1S/C11H10BrN3S/c12-6-9-7-15-10(13-14-11(15)16-9)8-4-2-1-3-5-8/h1-5,9H,6-7H2. The highest BCUT2D eigenvalue weighted by molar-refractivity contribution is 9.09. The van der Waals surface area contributed by atoms with E-state index >= 15 is 0 Å². The number of halogens is 1. The molecular formula is C11H10BrN3S. The molecule has 0 N–H and O–H groups in total. The number of hydrogen-bond donors (Lipinski definition) is 0. The second kappa shape index (κ2) is 4.22. The Morgan fingerprint density at radius 3 is 2.88 bits per heavy atom. The zero-order valence-corrected chi connectivity index (χ0v) is 10.9. The summed E-state index contributed by atoms with van der Waals surface area (Å²) < 4.78 is 2.20. The summed E-state index contributed by atoms with van der Waals surface area (Å²) in [5, 5.41) is 11.1. The number of alkyl halides is 1. The van der Waals surface area contributed by atoms with Crippen LogP contribution in [-0.2, 0) is 6.54 Å². The van der Waals surface area contributed by atoms with Crippen molar-refractivity contribution in [3.05, 3.63) is 30.3 Å². The second-order valence-corrected chi connectivity index (χ2v) is 5.59. The van der Waals surface area contributed by atoms with Crippen LogP contribution >= 0.6 is 27.7 Å². The van der Waals surface area contributed by atoms with Crippen molar-refractivity contribution < 1.29 is 0 Å². The monoisotopic (exact) mass is 295 g/mol. The molecule has 0 fully saturated rings. The van der Waals surface area contributed by atoms with Crippen LogP contribution in [0.3, 0.4) is 0 Å². The van der Waals surface area contributed by atoms with Crippen molar-refractivity contribution in [1.82, 2.24) is 14.8 Å². The molecule has 0 saturated carbocycles. The molecule has 1 aliphatic rings. The van der Waals surface area contributed by atoms with Crippen LogP contribution in [0.15, 0.2) is 35.5 Å². The predicted octanol–water partition coefficient (Wildman–Crippen LogP) is 2.81. The van der Waals surface area contributed by atoms with E-state index in [4.69, 9.17) is 0 Å². The molecule has 1 aromatic heterocycles. The van der Waals surface area contributed by atoms with E-state index in [1.54, 1.807) is 11.8 Å². The van der Waals surface area contributed by atoms with E-state index in [2.05, 4.69) is 42.8 Å². The van der Waals surface area contributed by atoms with E-state index in [0.717, 1.165) is 28.4 Å². The Kier molecular flexibility index (Phi) is 2.73. The van der Waals surface area contributed by atoms with E-state index in [-0.39, 0.29) is 0 Å². The van der Waals surface area contributed by atoms with Gasteiger partial charge >= 0.3 is 0 Å². The third-order valence-electron chi connectivity index (χ3n) is 2.58. The van der Waals surface area contributed by atoms with Gasteiger partial charge in [0, 0.05) is 22.7 Å². The van der Waals surface area contributed by atoms with Gasteiger partial charge in [0.25, 0.3) is 0 Å². The van der Waals surface area contributed by atoms with Gasteiger partial charge in [-0.2, -0.15) is 0 Å². The van der Waals surface area contributed by atoms with Crippen LogP contribution in [-0.4, -0.2) is 25.3 Å². The van der Waals surface area contributed by atoms with Crippen LogP contribution in [0, 0.1) is 0 Å². The van der Waals surface area contributed by atoms with Crippen molar-refractivity contribution in [3.8, 4) is 11.4 Å². The lowest BCUT2D eigenvalue weighted by atomic mass is 10.2. The quantitative estimate of drug-likeness (QED) is 0.798. The summed E-state index contributed by atoms with van der Waals surface area (Å²) in [6.07, 6.45) is 0. The Morgan fingerprint density at radius 1 is 1.31 bits per heavy atom. The first kappa shape index (κ1) is 10.4. The van der Waals surface area contributed by atoms with Crippen molar-refractivity contribution in [1.29, 1.82) is 0 Å². The van der Waals surface area contributed by atoms with Gasteiger partial charge in [-0.3, -0.25) is 0 Å². The highest BCUT2D eigenvalue weighted by Crippen LogP contribution is 2.34. The third kappa shape index (κ3) is 1.68. The van der Waals surface area contributed by atoms with Crippen LogP contribution in [0.5, 0.6) is 0 Å². The molecule has 3 rings (SSSR count). The fourth-order valence-electron chi connectivity index (χ4n) is 1.81. The number of rotatable bonds is 2. The lowest BCUT2D eigenvalue weighted by Crippen LogP contribution is -2.07. The molecule has 2 aromatic rings. The number of hydrogen-bond acceptors (Lipinski definition) is 3. The summed E-state index contributed by atoms with van der Waals surface area (Å²) >= 11 is 5.31. The summed E-state index contributed by atoms with van der Waals surface area (Å²) in [4.78, 5) is 0. The van der Waals surface area contributed by atoms with Gasteiger partial charge in [0.15, 0.2) is 11.0 Å². The lowest BCUT2D eigenvalue weighted by Gasteiger charge is -2.04. The average Bonchev–Trinajstić information content (AvgIpc) is 2.88. The first-order valence-corrected chi connectivity index (χ1v) is 7.10. The molecule has 82 valence electrons. The first-order valence-electron chi connectivity index (χ1n) is 5.09. The Morgan fingerprint density at radius 2 is 2.12 bits per heavy atom. The Hall–Kier alpha value is -0.810. The van der Waals surface area contributed by atoms with Crippen LogP contribution in [0.25, 0.3) is 11.4 Å². The summed E-state index contributed by atoms with van der Waals surface area (Å²) in [5.74, 6) is 0.978. The maximum absolute atomic E-state index is 4.25. The van der Waals surface area contributed by atoms with Crippen LogP contribution < -0.4 is 0 Å². The van der Waals surface area contributed by atoms with E-state index in [1.165, 1.54) is 0 Å². The zero-order valence-electron chi connectivity index (χ0n) is 8.51. The molecule has 5 heteroatoms. The second-order valence-electron chi connectivity index (χ2n) is 3.68. The minimum absolute atomic E-state index is 0.577. The molecule has 1 aromatic carbocycles. The average molecular weight is 296 g/mol. The summed E-state index contributed by atoms with van der Waals surface area (Å²) in [7, 11) is 0. The molecule has 0 radical (unpaired) electrons. The highest BCUT2D eigenvalue weighted by Gasteiger charge is 2.26. The highest BCUT2D eigenvalue weighted by atomic mass is 79.9. The van der Waals surface area contributed by atoms with Gasteiger partial charge in [-0.15, -0.1) is 10.2 Å². The summed E-state index contributed by atoms with van der Waals surface area (Å²) in [6, 6.07) is 10.2. The van der Waals surface area contributed by atoms with Gasteiger partial charge in [-0.05, 0) is 0 Å². The fourth-order valence-corrected chi connectivity index (χ4v) is 3.37. The number of thioether (sulfide) groups is 1. The maximum atomic E-state index is 4.25. The van der Waals surface area contributed by atoms with Gasteiger partial charge in [-0.25, -0.2) is 0 Å². The maximum Gasteiger partial charge on any atom is 0.191 e. The van der Waals surface area contributed by atoms with Gasteiger partial charge in [0.05, 0.1) is 0 Å². The third-order valence-corrected chi connectivity index (χ3v) is 4.95. The molecule has 16 heavy (non-hydrogen) atoms. The van der Waals surface area contributed by atoms with Gasteiger partial charge in [0.2, 0.25) is 0 Å². The van der Waals surface area contributed by atoms with Crippen LogP contribution in [0.4, 0.5) is 0 Å². The SMILES string of the molecule is BrCC1Cn2c(nnc2-c2ccccc2)S1. The molecule has 0 spiro atoms. The van der Waals surface area contributed by atoms with Crippen LogP contribution in [0.1, 0.15) is 0 Å². The van der Waals surface area contributed by atoms with Crippen molar-refractivity contribution in [2.45, 2.75) is 17.0 Å². The molecule has 0 aliphatic carbocycles. The Balaban J connectivity index is 2.00. The topological polar surface area (TPSA) is 30.7 Å². The fraction of sp³-hybridized carbons (Fsp3) is 0.273. The minimum atomic E-state index is 0.577. The van der Waals surface area contributed by atoms with Gasteiger partial charge in [-0.1, -0.05) is 58.0 Å². The van der Waals surface area contributed by atoms with Crippen molar-refractivity contribution in [2.75, 3.05) is 5.33 Å². The number of nitrogens with zero attached hydrogens (tertiary/aromatic N) is 3. The van der Waals surface area contributed by atoms with E-state index in [1.807, 2.05) is 18.2 Å². The smallest absolute Gasteiger partial charge is 0.191 e. The van der Waals surface area contributed by atoms with E-state index < -0.39 is 0 Å². The normalized spacial score (nSPS) is 18.7. The molecule has 2 heterocycles. The van der Waals surface area contributed by atoms with E-state index in [0.29, 0.717) is 5.25 Å². The Bertz CT molecular complexity index is 497. The molecular weight excluding hydrogens is 286 g/mol. The van der Waals surface area contributed by atoms with Crippen molar-refractivity contribution >= 4 is 27.7 Å². The molecule has 0 saturated heterocycles. The largest absolute Gasteiger partial charge is 0.301 e. The molecule has 1 atom stereocenters. The van der Waals surface area contributed by atoms with Crippen LogP contribution in [0.2, 0.25) is 0 Å². The van der Waals surface area contributed by atoms with Gasteiger partial charge < -0.3 is 4.57 Å². The summed E-state index contributed by atoms with van der Waals surface area (Å²) in [5.41, 5.74) is 1.14. The molecule has 0 bridgehead atoms. The molecule has 3 nitrogen and oxygen atoms in total. The molecule has 1 aliphatic heterocycles. The van der Waals surface area contributed by atoms with Crippen molar-refractivity contribution in [2.24, 2.45) is 0 Å². The van der Waals surface area contributed by atoms with Crippen molar-refractivity contribution in [3.63, 3.8) is 0 Å². The molecule has 0 amide bonds. The zero-order chi connectivity index (χ0) is 11.0. The number of benzene rings is 1.